The van der Waals surface area contributed by atoms with Crippen molar-refractivity contribution >= 4 is 5.95 Å². The van der Waals surface area contributed by atoms with Crippen molar-refractivity contribution in [2.24, 2.45) is 7.05 Å². The standard InChI is InChI=1S/C22H21FN6/c1-28-14-12-25-21(28)20-19(16-6-8-17(23)9-7-16)15-26-22(27-20)29(2)13-10-18-5-3-4-11-24-18/h3-9,11-12,14-15H,10,13H2,1-2H3. The van der Waals surface area contributed by atoms with Gasteiger partial charge in [0.25, 0.3) is 0 Å². The van der Waals surface area contributed by atoms with Gasteiger partial charge in [-0.15, -0.1) is 0 Å². The van der Waals surface area contributed by atoms with E-state index in [0.717, 1.165) is 35.6 Å². The Labute approximate surface area is 168 Å². The summed E-state index contributed by atoms with van der Waals surface area (Å²) >= 11 is 0. The number of rotatable bonds is 6. The van der Waals surface area contributed by atoms with Crippen molar-refractivity contribution in [1.29, 1.82) is 0 Å². The zero-order valence-electron chi connectivity index (χ0n) is 16.3. The summed E-state index contributed by atoms with van der Waals surface area (Å²) in [6.45, 7) is 0.729. The summed E-state index contributed by atoms with van der Waals surface area (Å²) < 4.78 is 15.3. The molecule has 0 radical (unpaired) electrons. The number of halogens is 1. The van der Waals surface area contributed by atoms with E-state index in [0.29, 0.717) is 11.6 Å². The summed E-state index contributed by atoms with van der Waals surface area (Å²) in [4.78, 5) is 20.2. The molecule has 0 spiro atoms. The molecule has 0 saturated carbocycles. The molecular weight excluding hydrogens is 367 g/mol. The smallest absolute Gasteiger partial charge is 0.225 e. The lowest BCUT2D eigenvalue weighted by molar-refractivity contribution is 0.628. The summed E-state index contributed by atoms with van der Waals surface area (Å²) in [6.07, 6.45) is 7.96. The molecule has 0 unspecified atom stereocenters. The number of benzene rings is 1. The van der Waals surface area contributed by atoms with Gasteiger partial charge in [-0.3, -0.25) is 4.98 Å². The highest BCUT2D eigenvalue weighted by atomic mass is 19.1. The maximum atomic E-state index is 13.4. The van der Waals surface area contributed by atoms with Gasteiger partial charge in [0.05, 0.1) is 0 Å². The van der Waals surface area contributed by atoms with E-state index in [4.69, 9.17) is 4.98 Å². The lowest BCUT2D eigenvalue weighted by Gasteiger charge is -2.19. The molecule has 0 amide bonds. The average Bonchev–Trinajstić information content (AvgIpc) is 3.19. The molecule has 146 valence electrons. The number of anilines is 1. The van der Waals surface area contributed by atoms with Gasteiger partial charge in [-0.1, -0.05) is 18.2 Å². The van der Waals surface area contributed by atoms with Gasteiger partial charge in [-0.05, 0) is 29.8 Å². The predicted octanol–water partition coefficient (Wildman–Crippen LogP) is 3.76. The molecule has 3 aromatic heterocycles. The van der Waals surface area contributed by atoms with Gasteiger partial charge < -0.3 is 9.47 Å². The minimum Gasteiger partial charge on any atom is -0.343 e. The zero-order chi connectivity index (χ0) is 20.2. The maximum absolute atomic E-state index is 13.4. The topological polar surface area (TPSA) is 59.7 Å². The summed E-state index contributed by atoms with van der Waals surface area (Å²) in [7, 11) is 3.88. The molecule has 0 aliphatic carbocycles. The average molecular weight is 388 g/mol. The number of hydrogen-bond acceptors (Lipinski definition) is 5. The Morgan fingerprint density at radius 2 is 1.83 bits per heavy atom. The monoisotopic (exact) mass is 388 g/mol. The summed E-state index contributed by atoms with van der Waals surface area (Å²) in [5.74, 6) is 1.05. The minimum atomic E-state index is -0.279. The molecule has 0 bridgehead atoms. The highest BCUT2D eigenvalue weighted by molar-refractivity contribution is 5.78. The van der Waals surface area contributed by atoms with E-state index in [2.05, 4.69) is 15.0 Å². The highest BCUT2D eigenvalue weighted by Crippen LogP contribution is 2.30. The van der Waals surface area contributed by atoms with Crippen molar-refractivity contribution in [3.05, 3.63) is 78.8 Å². The number of likely N-dealkylation sites (N-methyl/N-ethyl adjacent to an activating group) is 1. The van der Waals surface area contributed by atoms with Crippen LogP contribution in [0.15, 0.2) is 67.3 Å². The van der Waals surface area contributed by atoms with Crippen LogP contribution < -0.4 is 4.90 Å². The van der Waals surface area contributed by atoms with Crippen molar-refractivity contribution in [3.63, 3.8) is 0 Å². The van der Waals surface area contributed by atoms with E-state index < -0.39 is 0 Å². The normalized spacial score (nSPS) is 10.9. The lowest BCUT2D eigenvalue weighted by atomic mass is 10.1. The van der Waals surface area contributed by atoms with E-state index in [1.165, 1.54) is 12.1 Å². The third kappa shape index (κ3) is 4.13. The molecule has 4 aromatic rings. The molecule has 29 heavy (non-hydrogen) atoms. The van der Waals surface area contributed by atoms with Crippen LogP contribution in [-0.4, -0.2) is 38.1 Å². The first kappa shape index (κ1) is 18.7. The number of pyridine rings is 1. The number of nitrogens with zero attached hydrogens (tertiary/aromatic N) is 6. The Bertz CT molecular complexity index is 1090. The number of aryl methyl sites for hydroxylation is 1. The number of aromatic nitrogens is 5. The fourth-order valence-electron chi connectivity index (χ4n) is 3.09. The van der Waals surface area contributed by atoms with Gasteiger partial charge in [-0.2, -0.15) is 0 Å². The quantitative estimate of drug-likeness (QED) is 0.503. The van der Waals surface area contributed by atoms with Gasteiger partial charge in [0, 0.05) is 63.1 Å². The Morgan fingerprint density at radius 1 is 1.00 bits per heavy atom. The third-order valence-corrected chi connectivity index (χ3v) is 4.74. The second kappa shape index (κ2) is 8.18. The number of hydrogen-bond donors (Lipinski definition) is 0. The van der Waals surface area contributed by atoms with Gasteiger partial charge in [0.2, 0.25) is 5.95 Å². The van der Waals surface area contributed by atoms with Crippen LogP contribution in [0, 0.1) is 5.82 Å². The molecule has 0 atom stereocenters. The van der Waals surface area contributed by atoms with Crippen LogP contribution in [0.25, 0.3) is 22.6 Å². The first-order chi connectivity index (χ1) is 14.1. The SMILES string of the molecule is CN(CCc1ccccn1)c1ncc(-c2ccc(F)cc2)c(-c2nccn2C)n1. The molecule has 0 N–H and O–H groups in total. The minimum absolute atomic E-state index is 0.279. The van der Waals surface area contributed by atoms with Crippen LogP contribution >= 0.6 is 0 Å². The fourth-order valence-corrected chi connectivity index (χ4v) is 3.09. The van der Waals surface area contributed by atoms with Crippen molar-refractivity contribution in [2.45, 2.75) is 6.42 Å². The molecule has 6 nitrogen and oxygen atoms in total. The van der Waals surface area contributed by atoms with Crippen LogP contribution in [-0.2, 0) is 13.5 Å². The second-order valence-electron chi connectivity index (χ2n) is 6.79. The van der Waals surface area contributed by atoms with Gasteiger partial charge in [0.15, 0.2) is 5.82 Å². The highest BCUT2D eigenvalue weighted by Gasteiger charge is 2.17. The van der Waals surface area contributed by atoms with Crippen LogP contribution in [0.2, 0.25) is 0 Å². The predicted molar refractivity (Wildman–Crippen MR) is 111 cm³/mol. The molecule has 1 aromatic carbocycles. The molecule has 7 heteroatoms. The molecule has 0 saturated heterocycles. The van der Waals surface area contributed by atoms with Crippen molar-refractivity contribution in [2.75, 3.05) is 18.5 Å². The van der Waals surface area contributed by atoms with Crippen LogP contribution in [0.3, 0.4) is 0 Å². The molecule has 0 aliphatic rings. The fraction of sp³-hybridized carbons (Fsp3) is 0.182. The Morgan fingerprint density at radius 3 is 2.52 bits per heavy atom. The Hall–Kier alpha value is -3.61. The summed E-state index contributed by atoms with van der Waals surface area (Å²) in [5, 5.41) is 0. The van der Waals surface area contributed by atoms with Gasteiger partial charge in [-0.25, -0.2) is 19.3 Å². The molecular formula is C22H21FN6. The Balaban J connectivity index is 1.68. The van der Waals surface area contributed by atoms with Crippen molar-refractivity contribution < 1.29 is 4.39 Å². The largest absolute Gasteiger partial charge is 0.343 e. The van der Waals surface area contributed by atoms with E-state index in [-0.39, 0.29) is 5.82 Å². The van der Waals surface area contributed by atoms with Crippen LogP contribution in [0.5, 0.6) is 0 Å². The first-order valence-corrected chi connectivity index (χ1v) is 9.33. The Kier molecular flexibility index (Phi) is 5.29. The van der Waals surface area contributed by atoms with E-state index in [9.17, 15) is 4.39 Å². The van der Waals surface area contributed by atoms with Crippen LogP contribution in [0.1, 0.15) is 5.69 Å². The van der Waals surface area contributed by atoms with Crippen molar-refractivity contribution in [1.82, 2.24) is 24.5 Å². The molecule has 0 aliphatic heterocycles. The third-order valence-electron chi connectivity index (χ3n) is 4.74. The van der Waals surface area contributed by atoms with E-state index in [1.54, 1.807) is 30.7 Å². The lowest BCUT2D eigenvalue weighted by Crippen LogP contribution is -2.23. The molecule has 4 rings (SSSR count). The van der Waals surface area contributed by atoms with Gasteiger partial charge in [0.1, 0.15) is 11.5 Å². The van der Waals surface area contributed by atoms with E-state index >= 15 is 0 Å². The molecule has 0 fully saturated rings. The first-order valence-electron chi connectivity index (χ1n) is 9.33. The second-order valence-corrected chi connectivity index (χ2v) is 6.79. The van der Waals surface area contributed by atoms with Crippen molar-refractivity contribution in [3.8, 4) is 22.6 Å². The zero-order valence-corrected chi connectivity index (χ0v) is 16.3. The summed E-state index contributed by atoms with van der Waals surface area (Å²) in [6, 6.07) is 12.2. The maximum Gasteiger partial charge on any atom is 0.225 e. The van der Waals surface area contributed by atoms with E-state index in [1.807, 2.05) is 48.0 Å². The summed E-state index contributed by atoms with van der Waals surface area (Å²) in [5.41, 5.74) is 3.37. The number of imidazole rings is 1. The molecule has 3 heterocycles. The van der Waals surface area contributed by atoms with Crippen LogP contribution in [0.4, 0.5) is 10.3 Å². The van der Waals surface area contributed by atoms with Gasteiger partial charge >= 0.3 is 0 Å².